The van der Waals surface area contributed by atoms with Gasteiger partial charge in [0.25, 0.3) is 0 Å². The van der Waals surface area contributed by atoms with Gasteiger partial charge in [0, 0.05) is 11.6 Å². The highest BCUT2D eigenvalue weighted by Crippen LogP contribution is 2.43. The second-order valence-corrected chi connectivity index (χ2v) is 8.20. The molecule has 0 spiro atoms. The molecule has 4 heteroatoms. The van der Waals surface area contributed by atoms with Crippen LogP contribution in [0.3, 0.4) is 0 Å². The largest absolute Gasteiger partial charge is 0.310 e. The lowest BCUT2D eigenvalue weighted by atomic mass is 9.75. The number of halogens is 2. The van der Waals surface area contributed by atoms with Gasteiger partial charge in [-0.1, -0.05) is 56.3 Å². The van der Waals surface area contributed by atoms with Gasteiger partial charge in [0.2, 0.25) is 0 Å². The topological polar surface area (TPSA) is 12.0 Å². The van der Waals surface area contributed by atoms with Gasteiger partial charge in [-0.2, -0.15) is 0 Å². The third-order valence-corrected chi connectivity index (χ3v) is 6.02. The Balaban J connectivity index is 2.16. The molecular weight excluding hydrogens is 309 g/mol. The highest BCUT2D eigenvalue weighted by Gasteiger charge is 2.30. The molecule has 1 heterocycles. The van der Waals surface area contributed by atoms with Crippen LogP contribution in [-0.4, -0.2) is 6.54 Å². The molecule has 0 aliphatic heterocycles. The molecule has 20 heavy (non-hydrogen) atoms. The molecule has 1 aromatic rings. The van der Waals surface area contributed by atoms with E-state index in [2.05, 4.69) is 25.2 Å². The molecule has 3 atom stereocenters. The van der Waals surface area contributed by atoms with Gasteiger partial charge in [-0.05, 0) is 43.7 Å². The zero-order valence-electron chi connectivity index (χ0n) is 12.4. The fraction of sp³-hybridized carbons (Fsp3) is 0.750. The smallest absolute Gasteiger partial charge is 0.0992 e. The third kappa shape index (κ3) is 4.13. The monoisotopic (exact) mass is 333 g/mol. The van der Waals surface area contributed by atoms with Crippen molar-refractivity contribution < 1.29 is 0 Å². The minimum absolute atomic E-state index is 0.376. The van der Waals surface area contributed by atoms with Gasteiger partial charge in [-0.3, -0.25) is 0 Å². The van der Waals surface area contributed by atoms with E-state index in [1.165, 1.54) is 49.0 Å². The Labute approximate surface area is 137 Å². The molecular formula is C16H25Cl2NS. The van der Waals surface area contributed by atoms with E-state index in [9.17, 15) is 0 Å². The molecule has 1 fully saturated rings. The van der Waals surface area contributed by atoms with E-state index in [-0.39, 0.29) is 0 Å². The normalized spacial score (nSPS) is 24.8. The molecule has 1 N–H and O–H groups in total. The summed E-state index contributed by atoms with van der Waals surface area (Å²) in [6, 6.07) is 2.44. The zero-order chi connectivity index (χ0) is 14.5. The van der Waals surface area contributed by atoms with Gasteiger partial charge in [0.1, 0.15) is 0 Å². The first-order chi connectivity index (χ1) is 9.65. The number of rotatable bonds is 6. The van der Waals surface area contributed by atoms with Crippen molar-refractivity contribution in [1.29, 1.82) is 0 Å². The van der Waals surface area contributed by atoms with Crippen molar-refractivity contribution >= 4 is 34.5 Å². The maximum atomic E-state index is 6.40. The molecule has 1 nitrogen and oxygen atoms in total. The van der Waals surface area contributed by atoms with Crippen LogP contribution in [-0.2, 0) is 0 Å². The summed E-state index contributed by atoms with van der Waals surface area (Å²) in [5.74, 6) is 1.58. The van der Waals surface area contributed by atoms with E-state index in [4.69, 9.17) is 23.2 Å². The molecule has 3 unspecified atom stereocenters. The third-order valence-electron chi connectivity index (χ3n) is 4.50. The standard InChI is InChI=1S/C16H25Cl2NS/c1-3-8-19-15(13-10-14(17)20-16(13)18)12-7-5-6-11(4-2)9-12/h10-12,15,19H,3-9H2,1-2H3. The van der Waals surface area contributed by atoms with Crippen LogP contribution >= 0.6 is 34.5 Å². The first kappa shape index (κ1) is 16.6. The lowest BCUT2D eigenvalue weighted by Crippen LogP contribution is -2.32. The van der Waals surface area contributed by atoms with E-state index in [1.807, 2.05) is 0 Å². The van der Waals surface area contributed by atoms with Crippen LogP contribution in [0.25, 0.3) is 0 Å². The summed E-state index contributed by atoms with van der Waals surface area (Å²) in [6.45, 7) is 5.57. The van der Waals surface area contributed by atoms with Crippen molar-refractivity contribution in [1.82, 2.24) is 5.32 Å². The molecule has 0 saturated heterocycles. The number of hydrogen-bond acceptors (Lipinski definition) is 2. The Morgan fingerprint density at radius 1 is 1.35 bits per heavy atom. The molecule has 0 aromatic carbocycles. The van der Waals surface area contributed by atoms with Crippen LogP contribution in [0.5, 0.6) is 0 Å². The van der Waals surface area contributed by atoms with E-state index in [0.717, 1.165) is 27.6 Å². The maximum absolute atomic E-state index is 6.40. The molecule has 1 aliphatic carbocycles. The van der Waals surface area contributed by atoms with Gasteiger partial charge in [-0.25, -0.2) is 0 Å². The average Bonchev–Trinajstić information content (AvgIpc) is 2.78. The second-order valence-electron chi connectivity index (χ2n) is 5.91. The Morgan fingerprint density at radius 2 is 2.15 bits per heavy atom. The molecule has 0 bridgehead atoms. The van der Waals surface area contributed by atoms with Gasteiger partial charge in [0.05, 0.1) is 8.67 Å². The van der Waals surface area contributed by atoms with E-state index < -0.39 is 0 Å². The molecule has 0 radical (unpaired) electrons. The van der Waals surface area contributed by atoms with Crippen LogP contribution in [0.4, 0.5) is 0 Å². The molecule has 2 rings (SSSR count). The fourth-order valence-corrected chi connectivity index (χ4v) is 4.95. The summed E-state index contributed by atoms with van der Waals surface area (Å²) < 4.78 is 1.67. The first-order valence-corrected chi connectivity index (χ1v) is 9.41. The molecule has 1 aliphatic rings. The molecule has 1 aromatic heterocycles. The number of hydrogen-bond donors (Lipinski definition) is 1. The summed E-state index contributed by atoms with van der Waals surface area (Å²) in [6.07, 6.45) is 7.82. The molecule has 1 saturated carbocycles. The van der Waals surface area contributed by atoms with Crippen LogP contribution in [0.15, 0.2) is 6.07 Å². The van der Waals surface area contributed by atoms with Crippen molar-refractivity contribution in [2.24, 2.45) is 11.8 Å². The van der Waals surface area contributed by atoms with Gasteiger partial charge in [-0.15, -0.1) is 11.3 Å². The van der Waals surface area contributed by atoms with Crippen LogP contribution in [0.1, 0.15) is 64.0 Å². The van der Waals surface area contributed by atoms with Crippen molar-refractivity contribution in [2.45, 2.75) is 58.4 Å². The quantitative estimate of drug-likeness (QED) is 0.642. The van der Waals surface area contributed by atoms with Gasteiger partial charge >= 0.3 is 0 Å². The summed E-state index contributed by atoms with van der Waals surface area (Å²) in [7, 11) is 0. The summed E-state index contributed by atoms with van der Waals surface area (Å²) in [5, 5.41) is 3.72. The predicted molar refractivity (Wildman–Crippen MR) is 91.1 cm³/mol. The summed E-state index contributed by atoms with van der Waals surface area (Å²) in [4.78, 5) is 0. The molecule has 0 amide bonds. The van der Waals surface area contributed by atoms with Crippen LogP contribution in [0.2, 0.25) is 8.67 Å². The van der Waals surface area contributed by atoms with Crippen molar-refractivity contribution in [3.8, 4) is 0 Å². The Hall–Kier alpha value is 0.240. The highest BCUT2D eigenvalue weighted by atomic mass is 35.5. The SMILES string of the molecule is CCCNC(c1cc(Cl)sc1Cl)C1CCCC(CC)C1. The lowest BCUT2D eigenvalue weighted by Gasteiger charge is -2.35. The maximum Gasteiger partial charge on any atom is 0.0992 e. The predicted octanol–water partition coefficient (Wildman–Crippen LogP) is 6.31. The van der Waals surface area contributed by atoms with E-state index in [1.54, 1.807) is 0 Å². The summed E-state index contributed by atoms with van der Waals surface area (Å²) in [5.41, 5.74) is 1.22. The van der Waals surface area contributed by atoms with Crippen LogP contribution < -0.4 is 5.32 Å². The number of thiophene rings is 1. The zero-order valence-corrected chi connectivity index (χ0v) is 14.8. The Kier molecular flexibility index (Phi) is 6.67. The van der Waals surface area contributed by atoms with Crippen molar-refractivity contribution in [2.75, 3.05) is 6.54 Å². The lowest BCUT2D eigenvalue weighted by molar-refractivity contribution is 0.209. The first-order valence-electron chi connectivity index (χ1n) is 7.83. The minimum atomic E-state index is 0.376. The molecule has 114 valence electrons. The second kappa shape index (κ2) is 8.03. The van der Waals surface area contributed by atoms with Crippen LogP contribution in [0, 0.1) is 11.8 Å². The van der Waals surface area contributed by atoms with Gasteiger partial charge in [0.15, 0.2) is 0 Å². The minimum Gasteiger partial charge on any atom is -0.310 e. The summed E-state index contributed by atoms with van der Waals surface area (Å²) >= 11 is 14.0. The van der Waals surface area contributed by atoms with Crippen molar-refractivity contribution in [3.05, 3.63) is 20.3 Å². The number of nitrogens with one attached hydrogen (secondary N) is 1. The Bertz CT molecular complexity index is 419. The van der Waals surface area contributed by atoms with E-state index in [0.29, 0.717) is 12.0 Å². The Morgan fingerprint density at radius 3 is 2.75 bits per heavy atom. The van der Waals surface area contributed by atoms with E-state index >= 15 is 0 Å². The van der Waals surface area contributed by atoms with Crippen molar-refractivity contribution in [3.63, 3.8) is 0 Å². The fourth-order valence-electron chi connectivity index (χ4n) is 3.40. The highest BCUT2D eigenvalue weighted by molar-refractivity contribution is 7.20. The van der Waals surface area contributed by atoms with Gasteiger partial charge < -0.3 is 5.32 Å². The average molecular weight is 334 g/mol.